The van der Waals surface area contributed by atoms with E-state index in [0.717, 1.165) is 0 Å². The van der Waals surface area contributed by atoms with Crippen LogP contribution in [0.25, 0.3) is 0 Å². The van der Waals surface area contributed by atoms with E-state index in [1.54, 1.807) is 8.87 Å². The third kappa shape index (κ3) is 22.5. The van der Waals surface area contributed by atoms with Gasteiger partial charge in [-0.25, -0.2) is 0 Å². The second kappa shape index (κ2) is 18.2. The fourth-order valence-electron chi connectivity index (χ4n) is 0.729. The molecule has 74 valence electrons. The maximum absolute atomic E-state index is 4.76. The number of unbranched alkanes of at least 4 members (excludes halogenated alkanes) is 2. The maximum atomic E-state index is 4.76. The molecule has 0 N–H and O–H groups in total. The second-order valence-electron chi connectivity index (χ2n) is 2.56. The Bertz CT molecular complexity index is 54.5. The summed E-state index contributed by atoms with van der Waals surface area (Å²) in [5.74, 6) is 0. The normalized spacial score (nSPS) is 9.00. The van der Waals surface area contributed by atoms with Crippen molar-refractivity contribution in [2.75, 3.05) is 5.34 Å². The molecule has 0 amide bonds. The van der Waals surface area contributed by atoms with Gasteiger partial charge in [0.1, 0.15) is 0 Å². The predicted molar refractivity (Wildman–Crippen MR) is 61.8 cm³/mol. The first-order valence-corrected chi connectivity index (χ1v) is 9.76. The standard InChI is InChI=1S/2C4H9.CH2Cl2.Sn/c2*1-3-4-2;2-1-3;/h2*1,3-4H2,2H3;1H2;. The zero-order valence-electron chi connectivity index (χ0n) is 8.21. The van der Waals surface area contributed by atoms with Crippen LogP contribution in [0.15, 0.2) is 0 Å². The third-order valence-electron chi connectivity index (χ3n) is 1.41. The van der Waals surface area contributed by atoms with Crippen molar-refractivity contribution in [2.24, 2.45) is 0 Å². The molecular formula is C9H20Cl2Sn. The van der Waals surface area contributed by atoms with Gasteiger partial charge in [0.2, 0.25) is 0 Å². The van der Waals surface area contributed by atoms with E-state index in [2.05, 4.69) is 13.8 Å². The van der Waals surface area contributed by atoms with E-state index in [1.165, 1.54) is 25.7 Å². The molecule has 0 rings (SSSR count). The molecule has 0 aromatic carbocycles. The van der Waals surface area contributed by atoms with Crippen molar-refractivity contribution >= 4 is 44.3 Å². The van der Waals surface area contributed by atoms with Crippen molar-refractivity contribution < 1.29 is 0 Å². The van der Waals surface area contributed by atoms with Gasteiger partial charge in [-0.15, -0.1) is 23.2 Å². The first-order valence-electron chi connectivity index (χ1n) is 4.66. The van der Waals surface area contributed by atoms with Gasteiger partial charge in [0, 0.05) is 0 Å². The fraction of sp³-hybridized carbons (Fsp3) is 1.00. The Labute approximate surface area is 97.6 Å². The third-order valence-corrected chi connectivity index (χ3v) is 5.45. The molecule has 0 bridgehead atoms. The van der Waals surface area contributed by atoms with Crippen LogP contribution in [0.2, 0.25) is 8.87 Å². The minimum absolute atomic E-state index is 0.149. The average molecular weight is 318 g/mol. The molecule has 0 atom stereocenters. The van der Waals surface area contributed by atoms with Crippen LogP contribution in [-0.2, 0) is 0 Å². The molecule has 0 aliphatic heterocycles. The minimum Gasteiger partial charge on any atom is -0.109 e. The van der Waals surface area contributed by atoms with Gasteiger partial charge in [-0.05, 0) is 0 Å². The zero-order valence-corrected chi connectivity index (χ0v) is 12.6. The van der Waals surface area contributed by atoms with Crippen molar-refractivity contribution in [3.63, 3.8) is 0 Å². The van der Waals surface area contributed by atoms with Gasteiger partial charge in [-0.1, -0.05) is 0 Å². The molecule has 0 nitrogen and oxygen atoms in total. The Morgan fingerprint density at radius 3 is 1.50 bits per heavy atom. The summed E-state index contributed by atoms with van der Waals surface area (Å²) in [4.78, 5) is 0. The number of hydrogen-bond acceptors (Lipinski definition) is 0. The van der Waals surface area contributed by atoms with Gasteiger partial charge in [0.15, 0.2) is 0 Å². The van der Waals surface area contributed by atoms with Crippen molar-refractivity contribution in [1.82, 2.24) is 0 Å². The number of hydrogen-bond donors (Lipinski definition) is 0. The summed E-state index contributed by atoms with van der Waals surface area (Å²) in [5.41, 5.74) is 0. The zero-order chi connectivity index (χ0) is 9.66. The van der Waals surface area contributed by atoms with E-state index in [1.807, 2.05) is 0 Å². The summed E-state index contributed by atoms with van der Waals surface area (Å²) in [6, 6.07) is 0. The molecule has 0 aromatic rings. The van der Waals surface area contributed by atoms with Crippen molar-refractivity contribution in [1.29, 1.82) is 0 Å². The monoisotopic (exact) mass is 318 g/mol. The van der Waals surface area contributed by atoms with Crippen LogP contribution in [-0.4, -0.2) is 26.5 Å². The van der Waals surface area contributed by atoms with Crippen LogP contribution in [0, 0.1) is 0 Å². The summed E-state index contributed by atoms with van der Waals surface area (Å²) in [6.07, 6.45) is 5.84. The van der Waals surface area contributed by atoms with Gasteiger partial charge >= 0.3 is 69.5 Å². The summed E-state index contributed by atoms with van der Waals surface area (Å²) in [6.45, 7) is 4.58. The van der Waals surface area contributed by atoms with Gasteiger partial charge in [0.25, 0.3) is 0 Å². The van der Waals surface area contributed by atoms with Crippen LogP contribution in [0.3, 0.4) is 0 Å². The number of alkyl halides is 2. The first-order chi connectivity index (χ1) is 5.83. The van der Waals surface area contributed by atoms with Gasteiger partial charge in [-0.2, -0.15) is 0 Å². The minimum atomic E-state index is 0.149. The van der Waals surface area contributed by atoms with E-state index in [4.69, 9.17) is 23.2 Å². The molecule has 12 heavy (non-hydrogen) atoms. The van der Waals surface area contributed by atoms with Crippen LogP contribution < -0.4 is 0 Å². The predicted octanol–water partition coefficient (Wildman–Crippen LogP) is 4.55. The molecule has 0 fully saturated rings. The Morgan fingerprint density at radius 2 is 1.25 bits per heavy atom. The SMILES string of the molecule is CCC[CH2][Sn][CH2]CCC.ClCCl. The van der Waals surface area contributed by atoms with E-state index in [0.29, 0.717) is 0 Å². The molecule has 3 heteroatoms. The van der Waals surface area contributed by atoms with Gasteiger partial charge < -0.3 is 0 Å². The largest absolute Gasteiger partial charge is 0.109 e. The Hall–Kier alpha value is 1.38. The molecule has 0 heterocycles. The van der Waals surface area contributed by atoms with Crippen LogP contribution in [0.4, 0.5) is 0 Å². The summed E-state index contributed by atoms with van der Waals surface area (Å²) in [7, 11) is 0. The Morgan fingerprint density at radius 1 is 0.917 bits per heavy atom. The van der Waals surface area contributed by atoms with Crippen LogP contribution in [0.1, 0.15) is 39.5 Å². The summed E-state index contributed by atoms with van der Waals surface area (Å²) >= 11 is 9.68. The molecular weight excluding hydrogens is 298 g/mol. The smallest absolute Gasteiger partial charge is 0.0967 e. The molecule has 0 unspecified atom stereocenters. The van der Waals surface area contributed by atoms with E-state index in [-0.39, 0.29) is 26.5 Å². The quantitative estimate of drug-likeness (QED) is 0.383. The van der Waals surface area contributed by atoms with Crippen LogP contribution in [0.5, 0.6) is 0 Å². The molecule has 0 aliphatic rings. The van der Waals surface area contributed by atoms with E-state index in [9.17, 15) is 0 Å². The fourth-order valence-corrected chi connectivity index (χ4v) is 4.89. The number of halogens is 2. The maximum Gasteiger partial charge on any atom is 0.0967 e. The Kier molecular flexibility index (Phi) is 24.0. The molecule has 0 saturated heterocycles. The van der Waals surface area contributed by atoms with Crippen molar-refractivity contribution in [3.05, 3.63) is 0 Å². The molecule has 0 aromatic heterocycles. The molecule has 0 aliphatic carbocycles. The first kappa shape index (κ1) is 15.8. The molecule has 2 radical (unpaired) electrons. The number of rotatable bonds is 6. The van der Waals surface area contributed by atoms with Crippen molar-refractivity contribution in [3.8, 4) is 0 Å². The van der Waals surface area contributed by atoms with Gasteiger partial charge in [-0.3, -0.25) is 0 Å². The molecule has 0 saturated carbocycles. The Balaban J connectivity index is 0. The summed E-state index contributed by atoms with van der Waals surface area (Å²) in [5, 5.41) is 0.194. The topological polar surface area (TPSA) is 0 Å². The average Bonchev–Trinajstić information content (AvgIpc) is 2.06. The summed E-state index contributed by atoms with van der Waals surface area (Å²) < 4.78 is 3.25. The van der Waals surface area contributed by atoms with E-state index < -0.39 is 0 Å². The molecule has 0 spiro atoms. The van der Waals surface area contributed by atoms with Crippen LogP contribution >= 0.6 is 23.2 Å². The second-order valence-corrected chi connectivity index (χ2v) is 7.65. The van der Waals surface area contributed by atoms with Gasteiger partial charge in [0.05, 0.1) is 5.34 Å². The van der Waals surface area contributed by atoms with Crippen molar-refractivity contribution in [2.45, 2.75) is 48.4 Å². The van der Waals surface area contributed by atoms with E-state index >= 15 is 0 Å².